The predicted molar refractivity (Wildman–Crippen MR) is 115 cm³/mol. The standard InChI is InChI=1S/C23H20N6O/c1-15-20-14-26-29(21-8-7-17(12-24)13-25-21)23(30)22(20)16(2)28(15)19-6-3-5-18(11-19)27-9-4-10-27/h3,5-8,11,13-14H,4,9-10H2,1-2H3. The van der Waals surface area contributed by atoms with Gasteiger partial charge in [-0.1, -0.05) is 6.07 Å². The van der Waals surface area contributed by atoms with Crippen LogP contribution in [-0.4, -0.2) is 32.4 Å². The highest BCUT2D eigenvalue weighted by atomic mass is 16.1. The van der Waals surface area contributed by atoms with E-state index in [0.717, 1.165) is 35.6 Å². The predicted octanol–water partition coefficient (Wildman–Crippen LogP) is 3.27. The molecule has 7 nitrogen and oxygen atoms in total. The van der Waals surface area contributed by atoms with Crippen LogP contribution in [0.15, 0.2) is 53.6 Å². The fraction of sp³-hybridized carbons (Fsp3) is 0.217. The van der Waals surface area contributed by atoms with Crippen molar-refractivity contribution < 1.29 is 0 Å². The molecule has 0 amide bonds. The van der Waals surface area contributed by atoms with Crippen molar-refractivity contribution >= 4 is 16.5 Å². The molecule has 0 aliphatic carbocycles. The van der Waals surface area contributed by atoms with Crippen LogP contribution >= 0.6 is 0 Å². The second-order valence-corrected chi connectivity index (χ2v) is 7.53. The molecule has 7 heteroatoms. The van der Waals surface area contributed by atoms with Gasteiger partial charge in [0.1, 0.15) is 6.07 Å². The second kappa shape index (κ2) is 6.85. The van der Waals surface area contributed by atoms with E-state index in [-0.39, 0.29) is 5.56 Å². The summed E-state index contributed by atoms with van der Waals surface area (Å²) in [7, 11) is 0. The van der Waals surface area contributed by atoms with Gasteiger partial charge in [-0.25, -0.2) is 4.98 Å². The van der Waals surface area contributed by atoms with E-state index < -0.39 is 0 Å². The lowest BCUT2D eigenvalue weighted by atomic mass is 10.1. The molecule has 1 aliphatic heterocycles. The average Bonchev–Trinajstić information content (AvgIpc) is 2.98. The highest BCUT2D eigenvalue weighted by Gasteiger charge is 2.20. The molecule has 5 rings (SSSR count). The molecule has 0 atom stereocenters. The van der Waals surface area contributed by atoms with Crippen molar-refractivity contribution in [2.75, 3.05) is 18.0 Å². The first-order chi connectivity index (χ1) is 14.6. The molecule has 3 aromatic heterocycles. The van der Waals surface area contributed by atoms with E-state index >= 15 is 0 Å². The number of nitriles is 1. The van der Waals surface area contributed by atoms with Gasteiger partial charge < -0.3 is 9.47 Å². The summed E-state index contributed by atoms with van der Waals surface area (Å²) >= 11 is 0. The molecule has 4 aromatic rings. The van der Waals surface area contributed by atoms with Crippen LogP contribution < -0.4 is 10.5 Å². The van der Waals surface area contributed by atoms with E-state index in [0.29, 0.717) is 16.8 Å². The summed E-state index contributed by atoms with van der Waals surface area (Å²) in [6.45, 7) is 6.14. The summed E-state index contributed by atoms with van der Waals surface area (Å²) in [5, 5.41) is 14.8. The van der Waals surface area contributed by atoms with E-state index in [2.05, 4.69) is 43.8 Å². The SMILES string of the molecule is Cc1c2cnn(-c3ccc(C#N)cn3)c(=O)c2c(C)n1-c1cccc(N2CCC2)c1. The number of benzene rings is 1. The fourth-order valence-corrected chi connectivity index (χ4v) is 4.09. The number of rotatable bonds is 3. The van der Waals surface area contributed by atoms with Crippen LogP contribution in [0.25, 0.3) is 22.3 Å². The number of fused-ring (bicyclic) bond motifs is 1. The zero-order valence-electron chi connectivity index (χ0n) is 16.8. The number of hydrogen-bond donors (Lipinski definition) is 0. The Balaban J connectivity index is 1.67. The highest BCUT2D eigenvalue weighted by molar-refractivity contribution is 5.88. The first-order valence-electron chi connectivity index (χ1n) is 9.90. The van der Waals surface area contributed by atoms with Crippen molar-refractivity contribution in [1.82, 2.24) is 19.3 Å². The molecule has 1 aliphatic rings. The minimum atomic E-state index is -0.219. The van der Waals surface area contributed by atoms with E-state index in [1.807, 2.05) is 19.9 Å². The molecule has 0 N–H and O–H groups in total. The summed E-state index contributed by atoms with van der Waals surface area (Å²) < 4.78 is 3.41. The molecule has 1 aromatic carbocycles. The number of aromatic nitrogens is 4. The molecule has 1 fully saturated rings. The number of hydrogen-bond acceptors (Lipinski definition) is 5. The smallest absolute Gasteiger partial charge is 0.282 e. The third-order valence-electron chi connectivity index (χ3n) is 5.80. The molecule has 0 spiro atoms. The van der Waals surface area contributed by atoms with Gasteiger partial charge in [0.2, 0.25) is 0 Å². The fourth-order valence-electron chi connectivity index (χ4n) is 4.09. The van der Waals surface area contributed by atoms with Crippen molar-refractivity contribution in [3.8, 4) is 17.6 Å². The van der Waals surface area contributed by atoms with Crippen LogP contribution in [0.3, 0.4) is 0 Å². The Kier molecular flexibility index (Phi) is 4.14. The zero-order valence-corrected chi connectivity index (χ0v) is 16.8. The van der Waals surface area contributed by atoms with E-state index in [9.17, 15) is 4.79 Å². The van der Waals surface area contributed by atoms with Gasteiger partial charge in [0.05, 0.1) is 17.1 Å². The third kappa shape index (κ3) is 2.69. The number of aryl methyl sites for hydroxylation is 2. The van der Waals surface area contributed by atoms with Gasteiger partial charge in [0.15, 0.2) is 5.82 Å². The molecule has 1 saturated heterocycles. The third-order valence-corrected chi connectivity index (χ3v) is 5.80. The van der Waals surface area contributed by atoms with Gasteiger partial charge in [-0.15, -0.1) is 0 Å². The van der Waals surface area contributed by atoms with Crippen LogP contribution in [0.2, 0.25) is 0 Å². The van der Waals surface area contributed by atoms with E-state index in [4.69, 9.17) is 5.26 Å². The minimum Gasteiger partial charge on any atom is -0.371 e. The Morgan fingerprint density at radius 2 is 1.83 bits per heavy atom. The second-order valence-electron chi connectivity index (χ2n) is 7.53. The molecule has 0 unspecified atom stereocenters. The molecule has 0 saturated carbocycles. The Morgan fingerprint density at radius 3 is 2.50 bits per heavy atom. The van der Waals surface area contributed by atoms with E-state index in [1.165, 1.54) is 23.0 Å². The summed E-state index contributed by atoms with van der Waals surface area (Å²) in [5.74, 6) is 0.394. The lowest BCUT2D eigenvalue weighted by Crippen LogP contribution is -2.36. The minimum absolute atomic E-state index is 0.219. The Labute approximate surface area is 173 Å². The van der Waals surface area contributed by atoms with Gasteiger partial charge in [-0.2, -0.15) is 15.0 Å². The highest BCUT2D eigenvalue weighted by Crippen LogP contribution is 2.29. The monoisotopic (exact) mass is 396 g/mol. The van der Waals surface area contributed by atoms with Gasteiger partial charge in [-0.05, 0) is 50.6 Å². The van der Waals surface area contributed by atoms with Crippen molar-refractivity contribution in [1.29, 1.82) is 5.26 Å². The maximum absolute atomic E-state index is 13.3. The maximum Gasteiger partial charge on any atom is 0.282 e. The summed E-state index contributed by atoms with van der Waals surface area (Å²) in [6, 6.07) is 13.7. The van der Waals surface area contributed by atoms with Crippen LogP contribution in [0, 0.1) is 25.2 Å². The Morgan fingerprint density at radius 1 is 1.03 bits per heavy atom. The molecule has 0 radical (unpaired) electrons. The number of pyridine rings is 1. The quantitative estimate of drug-likeness (QED) is 0.531. The molecule has 30 heavy (non-hydrogen) atoms. The van der Waals surface area contributed by atoms with Gasteiger partial charge >= 0.3 is 0 Å². The maximum atomic E-state index is 13.3. The molecular formula is C23H20N6O. The average molecular weight is 396 g/mol. The number of anilines is 1. The van der Waals surface area contributed by atoms with Crippen molar-refractivity contribution in [2.45, 2.75) is 20.3 Å². The number of nitrogens with zero attached hydrogens (tertiary/aromatic N) is 6. The van der Waals surface area contributed by atoms with Gasteiger partial charge in [-0.3, -0.25) is 4.79 Å². The Bertz CT molecular complexity index is 1370. The summed E-state index contributed by atoms with van der Waals surface area (Å²) in [6.07, 6.45) is 4.39. The van der Waals surface area contributed by atoms with E-state index in [1.54, 1.807) is 18.3 Å². The van der Waals surface area contributed by atoms with Crippen LogP contribution in [0.1, 0.15) is 23.4 Å². The molecule has 0 bridgehead atoms. The summed E-state index contributed by atoms with van der Waals surface area (Å²) in [5.41, 5.74) is 4.31. The largest absolute Gasteiger partial charge is 0.371 e. The van der Waals surface area contributed by atoms with Gasteiger partial charge in [0.25, 0.3) is 5.56 Å². The first kappa shape index (κ1) is 18.1. The molecular weight excluding hydrogens is 376 g/mol. The zero-order chi connectivity index (χ0) is 20.8. The van der Waals surface area contributed by atoms with Crippen molar-refractivity contribution in [3.05, 3.63) is 76.1 Å². The van der Waals surface area contributed by atoms with Crippen LogP contribution in [0.5, 0.6) is 0 Å². The molecule has 4 heterocycles. The lowest BCUT2D eigenvalue weighted by molar-refractivity contribution is 0.617. The first-order valence-corrected chi connectivity index (χ1v) is 9.90. The summed E-state index contributed by atoms with van der Waals surface area (Å²) in [4.78, 5) is 19.9. The van der Waals surface area contributed by atoms with Crippen molar-refractivity contribution in [2.24, 2.45) is 0 Å². The normalized spacial score (nSPS) is 13.3. The van der Waals surface area contributed by atoms with Gasteiger partial charge in [0, 0.05) is 47.4 Å². The van der Waals surface area contributed by atoms with Crippen LogP contribution in [0.4, 0.5) is 5.69 Å². The van der Waals surface area contributed by atoms with Crippen molar-refractivity contribution in [3.63, 3.8) is 0 Å². The Hall–Kier alpha value is -3.92. The van der Waals surface area contributed by atoms with Crippen LogP contribution in [-0.2, 0) is 0 Å². The molecule has 148 valence electrons. The lowest BCUT2D eigenvalue weighted by Gasteiger charge is -2.33. The topological polar surface area (TPSA) is 79.7 Å².